The van der Waals surface area contributed by atoms with Gasteiger partial charge in [0.25, 0.3) is 5.56 Å². The van der Waals surface area contributed by atoms with Gasteiger partial charge >= 0.3 is 0 Å². The summed E-state index contributed by atoms with van der Waals surface area (Å²) in [7, 11) is 0. The Morgan fingerprint density at radius 2 is 1.87 bits per heavy atom. The SMILES string of the molecule is Cc1ccc(-c2c(C)sc3nc(CN[C@@H](C)c4ccc(Cl)cc4Cl)[nH]c(=O)c23)cc1. The van der Waals surface area contributed by atoms with Gasteiger partial charge in [-0.3, -0.25) is 4.79 Å². The molecule has 0 amide bonds. The first-order valence-electron chi connectivity index (χ1n) is 9.61. The highest BCUT2D eigenvalue weighted by Gasteiger charge is 2.17. The van der Waals surface area contributed by atoms with Gasteiger partial charge in [-0.05, 0) is 44.0 Å². The fourth-order valence-corrected chi connectivity index (χ4v) is 5.16. The number of hydrogen-bond acceptors (Lipinski definition) is 4. The van der Waals surface area contributed by atoms with E-state index in [1.165, 1.54) is 5.56 Å². The van der Waals surface area contributed by atoms with Crippen LogP contribution in [0.4, 0.5) is 0 Å². The molecule has 4 rings (SSSR count). The van der Waals surface area contributed by atoms with Crippen molar-refractivity contribution in [3.63, 3.8) is 0 Å². The van der Waals surface area contributed by atoms with Crippen LogP contribution >= 0.6 is 34.5 Å². The molecule has 0 aliphatic rings. The molecule has 0 spiro atoms. The molecule has 0 unspecified atom stereocenters. The van der Waals surface area contributed by atoms with Crippen LogP contribution in [0.2, 0.25) is 10.0 Å². The standard InChI is InChI=1S/C23H21Cl2N3OS/c1-12-4-6-15(7-5-12)20-14(3)30-23-21(20)22(29)27-19(28-23)11-26-13(2)17-9-8-16(24)10-18(17)25/h4-10,13,26H,11H2,1-3H3,(H,27,28,29)/t13-/m0/s1. The number of H-pyrrole nitrogens is 1. The number of thiophene rings is 1. The van der Waals surface area contributed by atoms with Gasteiger partial charge in [0, 0.05) is 26.5 Å². The Morgan fingerprint density at radius 3 is 2.57 bits per heavy atom. The monoisotopic (exact) mass is 457 g/mol. The summed E-state index contributed by atoms with van der Waals surface area (Å²) < 4.78 is 0. The largest absolute Gasteiger partial charge is 0.309 e. The number of fused-ring (bicyclic) bond motifs is 1. The summed E-state index contributed by atoms with van der Waals surface area (Å²) in [5, 5.41) is 5.23. The van der Waals surface area contributed by atoms with Gasteiger partial charge < -0.3 is 10.3 Å². The Kier molecular flexibility index (Phi) is 5.98. The molecule has 4 aromatic rings. The zero-order chi connectivity index (χ0) is 21.4. The maximum absolute atomic E-state index is 12.9. The van der Waals surface area contributed by atoms with Crippen LogP contribution in [-0.4, -0.2) is 9.97 Å². The van der Waals surface area contributed by atoms with Crippen LogP contribution in [0.15, 0.2) is 47.3 Å². The Balaban J connectivity index is 1.62. The summed E-state index contributed by atoms with van der Waals surface area (Å²) in [5.41, 5.74) is 4.01. The molecule has 2 heterocycles. The summed E-state index contributed by atoms with van der Waals surface area (Å²) in [6, 6.07) is 13.6. The molecule has 0 fully saturated rings. The number of aromatic amines is 1. The van der Waals surface area contributed by atoms with E-state index in [4.69, 9.17) is 28.2 Å². The highest BCUT2D eigenvalue weighted by Crippen LogP contribution is 2.35. The number of aromatic nitrogens is 2. The minimum absolute atomic E-state index is 0.0241. The first kappa shape index (κ1) is 21.1. The minimum atomic E-state index is -0.117. The highest BCUT2D eigenvalue weighted by atomic mass is 35.5. The van der Waals surface area contributed by atoms with Crippen LogP contribution in [0.3, 0.4) is 0 Å². The lowest BCUT2D eigenvalue weighted by molar-refractivity contribution is 0.560. The Labute approximate surface area is 188 Å². The number of halogens is 2. The fourth-order valence-electron chi connectivity index (χ4n) is 3.53. The van der Waals surface area contributed by atoms with Crippen molar-refractivity contribution in [1.82, 2.24) is 15.3 Å². The molecule has 0 saturated heterocycles. The Morgan fingerprint density at radius 1 is 1.13 bits per heavy atom. The maximum atomic E-state index is 12.9. The molecule has 2 N–H and O–H groups in total. The van der Waals surface area contributed by atoms with E-state index in [0.717, 1.165) is 26.4 Å². The summed E-state index contributed by atoms with van der Waals surface area (Å²) in [6.45, 7) is 6.51. The molecule has 4 nitrogen and oxygen atoms in total. The van der Waals surface area contributed by atoms with Crippen LogP contribution in [0.1, 0.15) is 34.8 Å². The second-order valence-corrected chi connectivity index (χ2v) is 9.41. The smallest absolute Gasteiger partial charge is 0.260 e. The number of benzene rings is 2. The van der Waals surface area contributed by atoms with E-state index in [1.807, 2.05) is 32.9 Å². The summed E-state index contributed by atoms with van der Waals surface area (Å²) in [4.78, 5) is 22.4. The topological polar surface area (TPSA) is 57.8 Å². The summed E-state index contributed by atoms with van der Waals surface area (Å²) in [5.74, 6) is 0.598. The van der Waals surface area contributed by atoms with Gasteiger partial charge in [-0.25, -0.2) is 4.98 Å². The number of hydrogen-bond donors (Lipinski definition) is 2. The van der Waals surface area contributed by atoms with Gasteiger partial charge in [0.05, 0.1) is 11.9 Å². The molecule has 0 aliphatic carbocycles. The first-order chi connectivity index (χ1) is 14.3. The lowest BCUT2D eigenvalue weighted by Gasteiger charge is -2.15. The minimum Gasteiger partial charge on any atom is -0.309 e. The van der Waals surface area contributed by atoms with E-state index in [2.05, 4.69) is 34.6 Å². The van der Waals surface area contributed by atoms with E-state index in [9.17, 15) is 4.79 Å². The third kappa shape index (κ3) is 4.16. The number of nitrogens with zero attached hydrogens (tertiary/aromatic N) is 1. The number of aryl methyl sites for hydroxylation is 2. The number of nitrogens with one attached hydrogen (secondary N) is 2. The van der Waals surface area contributed by atoms with Gasteiger partial charge in [0.2, 0.25) is 0 Å². The third-order valence-electron chi connectivity index (χ3n) is 5.13. The van der Waals surface area contributed by atoms with Crippen molar-refractivity contribution < 1.29 is 0 Å². The van der Waals surface area contributed by atoms with Crippen molar-refractivity contribution in [2.45, 2.75) is 33.4 Å². The van der Waals surface area contributed by atoms with E-state index >= 15 is 0 Å². The van der Waals surface area contributed by atoms with Gasteiger partial charge in [0.1, 0.15) is 10.7 Å². The zero-order valence-corrected chi connectivity index (χ0v) is 19.2. The average molecular weight is 458 g/mol. The first-order valence-corrected chi connectivity index (χ1v) is 11.2. The van der Waals surface area contributed by atoms with Crippen LogP contribution in [0, 0.1) is 13.8 Å². The fraction of sp³-hybridized carbons (Fsp3) is 0.217. The van der Waals surface area contributed by atoms with Gasteiger partial charge in [-0.1, -0.05) is 59.1 Å². The van der Waals surface area contributed by atoms with E-state index in [1.54, 1.807) is 17.4 Å². The van der Waals surface area contributed by atoms with Crippen LogP contribution in [-0.2, 0) is 6.54 Å². The van der Waals surface area contributed by atoms with Crippen molar-refractivity contribution in [3.8, 4) is 11.1 Å². The normalized spacial score (nSPS) is 12.4. The molecule has 0 aliphatic heterocycles. The summed E-state index contributed by atoms with van der Waals surface area (Å²) >= 11 is 13.8. The molecular weight excluding hydrogens is 437 g/mol. The Bertz CT molecular complexity index is 1280. The number of rotatable bonds is 5. The predicted molar refractivity (Wildman–Crippen MR) is 127 cm³/mol. The van der Waals surface area contributed by atoms with E-state index in [0.29, 0.717) is 27.8 Å². The maximum Gasteiger partial charge on any atom is 0.260 e. The summed E-state index contributed by atoms with van der Waals surface area (Å²) in [6.07, 6.45) is 0. The van der Waals surface area contributed by atoms with Crippen LogP contribution in [0.5, 0.6) is 0 Å². The predicted octanol–water partition coefficient (Wildman–Crippen LogP) is 6.43. The quantitative estimate of drug-likeness (QED) is 0.363. The molecule has 0 saturated carbocycles. The average Bonchev–Trinajstić information content (AvgIpc) is 3.03. The van der Waals surface area contributed by atoms with Crippen molar-refractivity contribution in [2.24, 2.45) is 0 Å². The highest BCUT2D eigenvalue weighted by molar-refractivity contribution is 7.19. The molecule has 154 valence electrons. The molecule has 0 bridgehead atoms. The Hall–Kier alpha value is -2.18. The molecule has 0 radical (unpaired) electrons. The molecule has 1 atom stereocenters. The van der Waals surface area contributed by atoms with Crippen LogP contribution < -0.4 is 10.9 Å². The lowest BCUT2D eigenvalue weighted by Crippen LogP contribution is -2.22. The molecular formula is C23H21Cl2N3OS. The van der Waals surface area contributed by atoms with E-state index < -0.39 is 0 Å². The molecule has 7 heteroatoms. The second kappa shape index (κ2) is 8.52. The molecule has 30 heavy (non-hydrogen) atoms. The van der Waals surface area contributed by atoms with Gasteiger partial charge in [-0.2, -0.15) is 0 Å². The van der Waals surface area contributed by atoms with Crippen molar-refractivity contribution in [2.75, 3.05) is 0 Å². The lowest BCUT2D eigenvalue weighted by atomic mass is 10.0. The second-order valence-electron chi connectivity index (χ2n) is 7.36. The molecule has 2 aromatic carbocycles. The van der Waals surface area contributed by atoms with E-state index in [-0.39, 0.29) is 11.6 Å². The molecule has 2 aromatic heterocycles. The third-order valence-corrected chi connectivity index (χ3v) is 6.69. The van der Waals surface area contributed by atoms with Crippen molar-refractivity contribution in [3.05, 3.63) is 84.7 Å². The zero-order valence-electron chi connectivity index (χ0n) is 16.8. The van der Waals surface area contributed by atoms with Crippen molar-refractivity contribution >= 4 is 44.8 Å². The van der Waals surface area contributed by atoms with Gasteiger partial charge in [-0.15, -0.1) is 11.3 Å². The van der Waals surface area contributed by atoms with Crippen molar-refractivity contribution in [1.29, 1.82) is 0 Å². The van der Waals surface area contributed by atoms with Gasteiger partial charge in [0.15, 0.2) is 0 Å². The van der Waals surface area contributed by atoms with Crippen LogP contribution in [0.25, 0.3) is 21.3 Å².